The molecule has 0 amide bonds. The Kier molecular flexibility index (Phi) is 3.35. The van der Waals surface area contributed by atoms with Crippen LogP contribution in [0.4, 0.5) is 5.82 Å². The molecule has 23 heavy (non-hydrogen) atoms. The summed E-state index contributed by atoms with van der Waals surface area (Å²) < 4.78 is 28.6. The molecule has 0 fully saturated rings. The van der Waals surface area contributed by atoms with Gasteiger partial charge in [0.15, 0.2) is 0 Å². The van der Waals surface area contributed by atoms with Crippen molar-refractivity contribution in [1.82, 2.24) is 9.97 Å². The fraction of sp³-hybridized carbons (Fsp3) is 0.250. The Labute approximate surface area is 138 Å². The van der Waals surface area contributed by atoms with Crippen molar-refractivity contribution in [2.45, 2.75) is 24.7 Å². The molecule has 0 atom stereocenters. The van der Waals surface area contributed by atoms with Gasteiger partial charge in [0.1, 0.15) is 5.82 Å². The maximum atomic E-state index is 13.1. The van der Waals surface area contributed by atoms with E-state index in [4.69, 9.17) is 0 Å². The number of nitrogens with zero attached hydrogens (tertiary/aromatic N) is 3. The van der Waals surface area contributed by atoms with Crippen LogP contribution in [0.2, 0.25) is 0 Å². The smallest absolute Gasteiger partial charge is 0.250 e. The van der Waals surface area contributed by atoms with Crippen molar-refractivity contribution in [3.8, 4) is 0 Å². The van der Waals surface area contributed by atoms with E-state index in [9.17, 15) is 8.42 Å². The summed E-state index contributed by atoms with van der Waals surface area (Å²) in [7, 11) is -3.63. The Morgan fingerprint density at radius 1 is 1.22 bits per heavy atom. The predicted molar refractivity (Wildman–Crippen MR) is 91.4 cm³/mol. The van der Waals surface area contributed by atoms with E-state index in [0.717, 1.165) is 28.8 Å². The van der Waals surface area contributed by atoms with E-state index in [0.29, 0.717) is 17.9 Å². The first-order chi connectivity index (χ1) is 11.1. The van der Waals surface area contributed by atoms with E-state index >= 15 is 0 Å². The van der Waals surface area contributed by atoms with Gasteiger partial charge in [0, 0.05) is 12.2 Å². The molecule has 3 aromatic rings. The minimum atomic E-state index is -3.63. The van der Waals surface area contributed by atoms with Crippen LogP contribution in [0.1, 0.15) is 17.7 Å². The molecule has 0 radical (unpaired) electrons. The van der Waals surface area contributed by atoms with Gasteiger partial charge in [-0.3, -0.25) is 0 Å². The second kappa shape index (κ2) is 5.28. The number of thiazole rings is 1. The number of benzene rings is 1. The SMILES string of the molecule is Cc1ccc2c(n1)N(S(=O)(=O)c1ccc3scnc3c1)CCC2. The fourth-order valence-corrected chi connectivity index (χ4v) is 5.03. The monoisotopic (exact) mass is 345 g/mol. The lowest BCUT2D eigenvalue weighted by Crippen LogP contribution is -2.36. The maximum absolute atomic E-state index is 13.1. The molecule has 1 aliphatic rings. The van der Waals surface area contributed by atoms with E-state index in [1.165, 1.54) is 15.6 Å². The highest BCUT2D eigenvalue weighted by Crippen LogP contribution is 2.31. The van der Waals surface area contributed by atoms with Crippen LogP contribution in [-0.2, 0) is 16.4 Å². The predicted octanol–water partition coefficient (Wildman–Crippen LogP) is 3.14. The fourth-order valence-electron chi connectivity index (χ4n) is 2.86. The van der Waals surface area contributed by atoms with Crippen LogP contribution in [-0.4, -0.2) is 24.9 Å². The van der Waals surface area contributed by atoms with E-state index in [1.807, 2.05) is 25.1 Å². The zero-order chi connectivity index (χ0) is 16.0. The van der Waals surface area contributed by atoms with Crippen LogP contribution >= 0.6 is 11.3 Å². The standard InChI is InChI=1S/C16H15N3O2S2/c1-11-4-5-12-3-2-8-19(16(12)18-11)23(20,21)13-6-7-15-14(9-13)17-10-22-15/h4-7,9-10H,2-3,8H2,1H3. The third kappa shape index (κ3) is 2.40. The van der Waals surface area contributed by atoms with Gasteiger partial charge in [0.2, 0.25) is 0 Å². The normalized spacial score (nSPS) is 14.9. The number of hydrogen-bond donors (Lipinski definition) is 0. The van der Waals surface area contributed by atoms with Gasteiger partial charge in [-0.2, -0.15) is 0 Å². The van der Waals surface area contributed by atoms with Crippen molar-refractivity contribution in [3.63, 3.8) is 0 Å². The van der Waals surface area contributed by atoms with Crippen LogP contribution in [0.5, 0.6) is 0 Å². The molecule has 0 bridgehead atoms. The quantitative estimate of drug-likeness (QED) is 0.716. The molecule has 0 aliphatic carbocycles. The lowest BCUT2D eigenvalue weighted by Gasteiger charge is -2.29. The van der Waals surface area contributed by atoms with Crippen LogP contribution in [0.25, 0.3) is 10.2 Å². The third-order valence-corrected chi connectivity index (χ3v) is 6.62. The van der Waals surface area contributed by atoms with Crippen molar-refractivity contribution < 1.29 is 8.42 Å². The molecule has 5 nitrogen and oxygen atoms in total. The Morgan fingerprint density at radius 2 is 2.09 bits per heavy atom. The van der Waals surface area contributed by atoms with Crippen LogP contribution in [0.3, 0.4) is 0 Å². The van der Waals surface area contributed by atoms with Crippen molar-refractivity contribution in [2.75, 3.05) is 10.8 Å². The highest BCUT2D eigenvalue weighted by atomic mass is 32.2. The molecule has 7 heteroatoms. The second-order valence-corrected chi connectivity index (χ2v) is 8.35. The van der Waals surface area contributed by atoms with Crippen molar-refractivity contribution in [3.05, 3.63) is 47.1 Å². The van der Waals surface area contributed by atoms with Gasteiger partial charge in [-0.1, -0.05) is 6.07 Å². The largest absolute Gasteiger partial charge is 0.265 e. The van der Waals surface area contributed by atoms with Gasteiger partial charge in [0.25, 0.3) is 10.0 Å². The Bertz CT molecular complexity index is 995. The van der Waals surface area contributed by atoms with Crippen LogP contribution < -0.4 is 4.31 Å². The summed E-state index contributed by atoms with van der Waals surface area (Å²) in [6.45, 7) is 2.34. The van der Waals surface area contributed by atoms with Gasteiger partial charge >= 0.3 is 0 Å². The molecule has 0 saturated heterocycles. The number of sulfonamides is 1. The molecular weight excluding hydrogens is 330 g/mol. The molecule has 1 aliphatic heterocycles. The summed E-state index contributed by atoms with van der Waals surface area (Å²) in [6, 6.07) is 9.01. The van der Waals surface area contributed by atoms with Gasteiger partial charge in [-0.25, -0.2) is 22.7 Å². The number of rotatable bonds is 2. The van der Waals surface area contributed by atoms with Gasteiger partial charge in [-0.15, -0.1) is 11.3 Å². The molecule has 0 spiro atoms. The molecule has 118 valence electrons. The Morgan fingerprint density at radius 3 is 2.96 bits per heavy atom. The van der Waals surface area contributed by atoms with Gasteiger partial charge in [-0.05, 0) is 49.6 Å². The van der Waals surface area contributed by atoms with E-state index in [2.05, 4.69) is 9.97 Å². The molecule has 3 heterocycles. The molecule has 2 aromatic heterocycles. The van der Waals surface area contributed by atoms with E-state index < -0.39 is 10.0 Å². The van der Waals surface area contributed by atoms with Crippen molar-refractivity contribution in [1.29, 1.82) is 0 Å². The molecule has 0 N–H and O–H groups in total. The maximum Gasteiger partial charge on any atom is 0.265 e. The zero-order valence-corrected chi connectivity index (χ0v) is 14.2. The Balaban J connectivity index is 1.85. The summed E-state index contributed by atoms with van der Waals surface area (Å²) in [5.41, 5.74) is 4.24. The first-order valence-electron chi connectivity index (χ1n) is 7.38. The minimum Gasteiger partial charge on any atom is -0.250 e. The zero-order valence-electron chi connectivity index (χ0n) is 12.6. The molecule has 1 aromatic carbocycles. The summed E-state index contributed by atoms with van der Waals surface area (Å²) in [5, 5.41) is 0. The number of pyridine rings is 1. The highest BCUT2D eigenvalue weighted by molar-refractivity contribution is 7.92. The highest BCUT2D eigenvalue weighted by Gasteiger charge is 2.30. The lowest BCUT2D eigenvalue weighted by atomic mass is 10.1. The first kappa shape index (κ1) is 14.6. The number of anilines is 1. The summed E-state index contributed by atoms with van der Waals surface area (Å²) in [5.74, 6) is 0.564. The molecular formula is C16H15N3O2S2. The summed E-state index contributed by atoms with van der Waals surface area (Å²) in [6.07, 6.45) is 1.66. The number of aromatic nitrogens is 2. The second-order valence-electron chi connectivity index (χ2n) is 5.60. The van der Waals surface area contributed by atoms with Gasteiger partial charge < -0.3 is 0 Å². The minimum absolute atomic E-state index is 0.270. The van der Waals surface area contributed by atoms with E-state index in [1.54, 1.807) is 17.6 Å². The topological polar surface area (TPSA) is 63.2 Å². The van der Waals surface area contributed by atoms with Crippen LogP contribution in [0.15, 0.2) is 40.7 Å². The first-order valence-corrected chi connectivity index (χ1v) is 9.70. The molecule has 0 unspecified atom stereocenters. The average molecular weight is 345 g/mol. The van der Waals surface area contributed by atoms with Crippen molar-refractivity contribution >= 4 is 37.4 Å². The van der Waals surface area contributed by atoms with Crippen molar-refractivity contribution in [2.24, 2.45) is 0 Å². The molecule has 4 rings (SSSR count). The number of aryl methyl sites for hydroxylation is 2. The Hall–Kier alpha value is -1.99. The van der Waals surface area contributed by atoms with Crippen LogP contribution in [0, 0.1) is 6.92 Å². The van der Waals surface area contributed by atoms with E-state index in [-0.39, 0.29) is 4.90 Å². The summed E-state index contributed by atoms with van der Waals surface area (Å²) in [4.78, 5) is 8.96. The lowest BCUT2D eigenvalue weighted by molar-refractivity contribution is 0.585. The van der Waals surface area contributed by atoms with Gasteiger partial charge in [0.05, 0.1) is 20.6 Å². The average Bonchev–Trinajstić information content (AvgIpc) is 3.01. The number of fused-ring (bicyclic) bond motifs is 2. The number of hydrogen-bond acceptors (Lipinski definition) is 5. The third-order valence-electron chi connectivity index (χ3n) is 4.03. The molecule has 0 saturated carbocycles. The summed E-state index contributed by atoms with van der Waals surface area (Å²) >= 11 is 1.50.